The molecule has 134 valence electrons. The minimum atomic E-state index is -1.31. The lowest BCUT2D eigenvalue weighted by Gasteiger charge is -2.26. The van der Waals surface area contributed by atoms with Crippen LogP contribution in [0.4, 0.5) is 5.82 Å². The van der Waals surface area contributed by atoms with E-state index in [9.17, 15) is 15.0 Å². The number of hydrogen-bond acceptors (Lipinski definition) is 9. The molecule has 2 saturated heterocycles. The summed E-state index contributed by atoms with van der Waals surface area (Å²) >= 11 is 0. The lowest BCUT2D eigenvalue weighted by molar-refractivity contribution is -0.0549. The van der Waals surface area contributed by atoms with Crippen molar-refractivity contribution in [2.24, 2.45) is 0 Å². The van der Waals surface area contributed by atoms with Crippen molar-refractivity contribution in [3.05, 3.63) is 22.7 Å². The number of morpholine rings is 1. The Labute approximate surface area is 138 Å². The van der Waals surface area contributed by atoms with Gasteiger partial charge in [0.15, 0.2) is 6.23 Å². The Hall–Kier alpha value is -1.56. The minimum absolute atomic E-state index is 0.412. The molecule has 3 rings (SSSR count). The number of nitrogens with one attached hydrogen (secondary N) is 1. The molecule has 0 radical (unpaired) electrons. The van der Waals surface area contributed by atoms with Gasteiger partial charge in [0.1, 0.15) is 24.1 Å². The summed E-state index contributed by atoms with van der Waals surface area (Å²) in [6, 6.07) is 1.59. The van der Waals surface area contributed by atoms with E-state index in [1.165, 1.54) is 6.20 Å². The van der Waals surface area contributed by atoms with Gasteiger partial charge < -0.3 is 30.1 Å². The molecule has 0 aliphatic carbocycles. The molecule has 10 nitrogen and oxygen atoms in total. The number of aliphatic hydroxyl groups excluding tert-OH is 3. The molecule has 10 heteroatoms. The van der Waals surface area contributed by atoms with E-state index < -0.39 is 36.8 Å². The number of rotatable bonds is 5. The zero-order valence-corrected chi connectivity index (χ0v) is 13.1. The van der Waals surface area contributed by atoms with Gasteiger partial charge in [-0.15, -0.1) is 0 Å². The van der Waals surface area contributed by atoms with Crippen molar-refractivity contribution < 1.29 is 24.8 Å². The fourth-order valence-electron chi connectivity index (χ4n) is 2.77. The van der Waals surface area contributed by atoms with E-state index in [2.05, 4.69) is 15.2 Å². The zero-order valence-electron chi connectivity index (χ0n) is 13.1. The van der Waals surface area contributed by atoms with E-state index in [-0.39, 0.29) is 0 Å². The third-order valence-electron chi connectivity index (χ3n) is 4.21. The van der Waals surface area contributed by atoms with Gasteiger partial charge in [-0.25, -0.2) is 4.79 Å². The maximum absolute atomic E-state index is 12.2. The van der Waals surface area contributed by atoms with Crippen molar-refractivity contribution in [3.8, 4) is 0 Å². The van der Waals surface area contributed by atoms with E-state index in [1.54, 1.807) is 6.07 Å². The molecule has 0 aromatic carbocycles. The van der Waals surface area contributed by atoms with Crippen molar-refractivity contribution >= 4 is 5.82 Å². The van der Waals surface area contributed by atoms with E-state index >= 15 is 0 Å². The van der Waals surface area contributed by atoms with Gasteiger partial charge in [-0.3, -0.25) is 9.47 Å². The summed E-state index contributed by atoms with van der Waals surface area (Å²) in [4.78, 5) is 18.2. The number of hydrogen-bond donors (Lipinski definition) is 4. The van der Waals surface area contributed by atoms with Crippen LogP contribution >= 0.6 is 0 Å². The Morgan fingerprint density at radius 3 is 2.67 bits per heavy atom. The monoisotopic (exact) mass is 342 g/mol. The first kappa shape index (κ1) is 17.3. The van der Waals surface area contributed by atoms with E-state index in [0.717, 1.165) is 17.7 Å². The molecule has 24 heavy (non-hydrogen) atoms. The fraction of sp³-hybridized carbons (Fsp3) is 0.714. The van der Waals surface area contributed by atoms with Crippen LogP contribution in [0.15, 0.2) is 17.1 Å². The quantitative estimate of drug-likeness (QED) is 0.461. The van der Waals surface area contributed by atoms with Crippen LogP contribution in [0.2, 0.25) is 0 Å². The lowest BCUT2D eigenvalue weighted by Crippen LogP contribution is -2.40. The third kappa shape index (κ3) is 3.58. The average molecular weight is 342 g/mol. The highest BCUT2D eigenvalue weighted by atomic mass is 16.6. The van der Waals surface area contributed by atoms with Gasteiger partial charge in [0.2, 0.25) is 0 Å². The van der Waals surface area contributed by atoms with Gasteiger partial charge in [-0.2, -0.15) is 4.98 Å². The molecule has 0 bridgehead atoms. The molecule has 4 N–H and O–H groups in total. The summed E-state index contributed by atoms with van der Waals surface area (Å²) in [5.74, 6) is 0.412. The Bertz CT molecular complexity index is 605. The van der Waals surface area contributed by atoms with Gasteiger partial charge in [0.05, 0.1) is 26.5 Å². The predicted octanol–water partition coefficient (Wildman–Crippen LogP) is -2.44. The third-order valence-corrected chi connectivity index (χ3v) is 4.21. The highest BCUT2D eigenvalue weighted by molar-refractivity contribution is 5.31. The van der Waals surface area contributed by atoms with Crippen molar-refractivity contribution in [2.75, 3.05) is 44.9 Å². The smallest absolute Gasteiger partial charge is 0.351 e. The Kier molecular flexibility index (Phi) is 5.43. The lowest BCUT2D eigenvalue weighted by atomic mass is 10.1. The highest BCUT2D eigenvalue weighted by Gasteiger charge is 2.43. The van der Waals surface area contributed by atoms with Gasteiger partial charge in [-0.1, -0.05) is 0 Å². The first-order chi connectivity index (χ1) is 11.6. The summed E-state index contributed by atoms with van der Waals surface area (Å²) in [6.45, 7) is 3.09. The highest BCUT2D eigenvalue weighted by Crippen LogP contribution is 2.28. The van der Waals surface area contributed by atoms with Gasteiger partial charge >= 0.3 is 5.69 Å². The van der Waals surface area contributed by atoms with Crippen LogP contribution in [-0.2, 0) is 9.47 Å². The van der Waals surface area contributed by atoms with Crippen molar-refractivity contribution in [2.45, 2.75) is 24.5 Å². The molecule has 2 aliphatic rings. The summed E-state index contributed by atoms with van der Waals surface area (Å²) in [7, 11) is 0. The molecule has 0 saturated carbocycles. The summed E-state index contributed by atoms with van der Waals surface area (Å²) in [5, 5.41) is 31.9. The van der Waals surface area contributed by atoms with E-state index in [4.69, 9.17) is 14.6 Å². The normalized spacial score (nSPS) is 31.3. The summed E-state index contributed by atoms with van der Waals surface area (Å²) in [6.07, 6.45) is -3.14. The number of aromatic nitrogens is 2. The van der Waals surface area contributed by atoms with Gasteiger partial charge in [0.25, 0.3) is 0 Å². The zero-order chi connectivity index (χ0) is 17.1. The van der Waals surface area contributed by atoms with E-state index in [1.807, 2.05) is 0 Å². The number of aliphatic hydroxyl groups is 3. The maximum Gasteiger partial charge on any atom is 0.351 e. The van der Waals surface area contributed by atoms with Crippen LogP contribution in [-0.4, -0.2) is 87.7 Å². The van der Waals surface area contributed by atoms with Crippen molar-refractivity contribution in [3.63, 3.8) is 0 Å². The topological polar surface area (TPSA) is 129 Å². The number of nitrogens with zero attached hydrogens (tertiary/aromatic N) is 3. The van der Waals surface area contributed by atoms with Crippen LogP contribution in [0.1, 0.15) is 6.23 Å². The number of anilines is 1. The molecule has 2 fully saturated rings. The second kappa shape index (κ2) is 7.55. The predicted molar refractivity (Wildman–Crippen MR) is 82.4 cm³/mol. The van der Waals surface area contributed by atoms with Crippen molar-refractivity contribution in [1.29, 1.82) is 0 Å². The Balaban J connectivity index is 1.65. The van der Waals surface area contributed by atoms with Crippen LogP contribution in [0.3, 0.4) is 0 Å². The molecule has 2 aliphatic heterocycles. The molecular formula is C14H22N4O6. The molecular weight excluding hydrogens is 320 g/mol. The van der Waals surface area contributed by atoms with Crippen molar-refractivity contribution in [1.82, 2.24) is 14.5 Å². The maximum atomic E-state index is 12.2. The molecule has 2 unspecified atom stereocenters. The molecule has 1 aromatic rings. The van der Waals surface area contributed by atoms with Crippen LogP contribution < -0.4 is 11.0 Å². The number of ether oxygens (including phenoxy) is 2. The molecule has 0 spiro atoms. The Morgan fingerprint density at radius 2 is 2.04 bits per heavy atom. The minimum Gasteiger partial charge on any atom is -0.394 e. The van der Waals surface area contributed by atoms with Crippen LogP contribution in [0, 0.1) is 0 Å². The SMILES string of the molecule is O=c1nc(NCN2CCOCC2)ccn1[C@@H]1O[C@H](CO)C(O)C1O. The van der Waals surface area contributed by atoms with Crippen LogP contribution in [0.5, 0.6) is 0 Å². The summed E-state index contributed by atoms with van der Waals surface area (Å²) in [5.41, 5.74) is -0.614. The average Bonchev–Trinajstić information content (AvgIpc) is 2.89. The molecule has 1 aromatic heterocycles. The fourth-order valence-corrected chi connectivity index (χ4v) is 2.77. The van der Waals surface area contributed by atoms with Gasteiger partial charge in [-0.05, 0) is 6.07 Å². The molecule has 3 heterocycles. The second-order valence-electron chi connectivity index (χ2n) is 5.80. The van der Waals surface area contributed by atoms with E-state index in [0.29, 0.717) is 25.7 Å². The largest absolute Gasteiger partial charge is 0.394 e. The first-order valence-electron chi connectivity index (χ1n) is 7.86. The summed E-state index contributed by atoms with van der Waals surface area (Å²) < 4.78 is 11.7. The molecule has 0 amide bonds. The Morgan fingerprint density at radius 1 is 1.29 bits per heavy atom. The standard InChI is InChI=1S/C14H22N4O6/c19-7-9-11(20)12(21)13(24-9)18-2-1-10(16-14(18)22)15-8-17-3-5-23-6-4-17/h1-2,9,11-13,19-21H,3-8H2,(H,15,16,22)/t9-,11?,12?,13-/m1/s1. The second-order valence-corrected chi connectivity index (χ2v) is 5.80. The van der Waals surface area contributed by atoms with Crippen LogP contribution in [0.25, 0.3) is 0 Å². The van der Waals surface area contributed by atoms with Gasteiger partial charge in [0, 0.05) is 19.3 Å². The first-order valence-corrected chi connectivity index (χ1v) is 7.86. The molecule has 4 atom stereocenters.